The van der Waals surface area contributed by atoms with E-state index >= 15 is 0 Å². The van der Waals surface area contributed by atoms with Gasteiger partial charge in [0.25, 0.3) is 5.91 Å². The molecular weight excluding hydrogens is 586 g/mol. The molecule has 4 aromatic heterocycles. The molecule has 2 aromatic carbocycles. The van der Waals surface area contributed by atoms with Gasteiger partial charge in [0.15, 0.2) is 11.4 Å². The molecule has 0 spiro atoms. The Labute approximate surface area is 266 Å². The minimum Gasteiger partial charge on any atom is -0.497 e. The van der Waals surface area contributed by atoms with Gasteiger partial charge in [-0.25, -0.2) is 9.97 Å². The van der Waals surface area contributed by atoms with Crippen LogP contribution in [0.2, 0.25) is 0 Å². The molecule has 12 nitrogen and oxygen atoms in total. The zero-order valence-electron chi connectivity index (χ0n) is 26.4. The number of amides is 1. The second-order valence-electron chi connectivity index (χ2n) is 10.7. The lowest BCUT2D eigenvalue weighted by atomic mass is 10.2. The number of hydrogen-bond donors (Lipinski definition) is 1. The molecule has 0 radical (unpaired) electrons. The van der Waals surface area contributed by atoms with Crippen LogP contribution in [-0.2, 0) is 19.7 Å². The third-order valence-electron chi connectivity index (χ3n) is 7.47. The fourth-order valence-corrected chi connectivity index (χ4v) is 5.22. The number of oxazole rings is 1. The van der Waals surface area contributed by atoms with E-state index in [2.05, 4.69) is 17.2 Å². The molecule has 0 saturated carbocycles. The summed E-state index contributed by atoms with van der Waals surface area (Å²) < 4.78 is 26.7. The minimum atomic E-state index is -0.373. The Morgan fingerprint density at radius 1 is 1.04 bits per heavy atom. The van der Waals surface area contributed by atoms with Crippen molar-refractivity contribution in [1.82, 2.24) is 34.4 Å². The van der Waals surface area contributed by atoms with E-state index in [1.54, 1.807) is 37.1 Å². The van der Waals surface area contributed by atoms with E-state index in [9.17, 15) is 4.79 Å². The summed E-state index contributed by atoms with van der Waals surface area (Å²) in [5, 5.41) is 7.68. The van der Waals surface area contributed by atoms with E-state index in [4.69, 9.17) is 33.7 Å². The van der Waals surface area contributed by atoms with Gasteiger partial charge in [0.1, 0.15) is 41.5 Å². The van der Waals surface area contributed by atoms with Crippen molar-refractivity contribution in [3.63, 3.8) is 0 Å². The molecule has 0 aliphatic carbocycles. The highest BCUT2D eigenvalue weighted by Crippen LogP contribution is 2.36. The van der Waals surface area contributed by atoms with Crippen LogP contribution in [0.15, 0.2) is 71.6 Å². The first-order valence-corrected chi connectivity index (χ1v) is 14.9. The van der Waals surface area contributed by atoms with Crippen LogP contribution in [0.25, 0.3) is 28.5 Å². The van der Waals surface area contributed by atoms with E-state index in [0.29, 0.717) is 58.9 Å². The zero-order chi connectivity index (χ0) is 32.2. The van der Waals surface area contributed by atoms with Crippen LogP contribution in [0.3, 0.4) is 0 Å². The van der Waals surface area contributed by atoms with Gasteiger partial charge in [0.05, 0.1) is 31.6 Å². The fourth-order valence-electron chi connectivity index (χ4n) is 5.22. The molecule has 0 fully saturated rings. The number of imidazole rings is 1. The molecule has 0 aliphatic rings. The lowest BCUT2D eigenvalue weighted by Gasteiger charge is -2.11. The van der Waals surface area contributed by atoms with Gasteiger partial charge in [0.2, 0.25) is 11.7 Å². The maximum atomic E-state index is 13.5. The number of benzene rings is 2. The zero-order valence-corrected chi connectivity index (χ0v) is 26.4. The Balaban J connectivity index is 1.33. The Kier molecular flexibility index (Phi) is 8.68. The lowest BCUT2D eigenvalue weighted by molar-refractivity contribution is 0.0939. The second-order valence-corrected chi connectivity index (χ2v) is 10.7. The lowest BCUT2D eigenvalue weighted by Crippen LogP contribution is -2.25. The number of aryl methyl sites for hydroxylation is 3. The fraction of sp³-hybridized carbons (Fsp3) is 0.265. The van der Waals surface area contributed by atoms with Crippen molar-refractivity contribution in [2.75, 3.05) is 14.2 Å². The largest absolute Gasteiger partial charge is 0.497 e. The van der Waals surface area contributed by atoms with Crippen molar-refractivity contribution in [1.29, 1.82) is 0 Å². The third kappa shape index (κ3) is 6.01. The van der Waals surface area contributed by atoms with Crippen LogP contribution < -0.4 is 19.5 Å². The van der Waals surface area contributed by atoms with Crippen molar-refractivity contribution in [3.8, 4) is 40.2 Å². The summed E-state index contributed by atoms with van der Waals surface area (Å²) in [4.78, 5) is 27.6. The second kappa shape index (κ2) is 13.1. The highest BCUT2D eigenvalue weighted by atomic mass is 16.5. The molecule has 0 atom stereocenters. The number of methoxy groups -OCH3 is 2. The first kappa shape index (κ1) is 30.4. The highest BCUT2D eigenvalue weighted by molar-refractivity contribution is 5.94. The molecule has 6 aromatic rings. The van der Waals surface area contributed by atoms with Crippen molar-refractivity contribution >= 4 is 11.4 Å². The van der Waals surface area contributed by atoms with E-state index in [0.717, 1.165) is 28.9 Å². The smallest absolute Gasteiger partial charge is 0.287 e. The Morgan fingerprint density at radius 2 is 1.87 bits per heavy atom. The third-order valence-corrected chi connectivity index (χ3v) is 7.47. The first-order valence-electron chi connectivity index (χ1n) is 14.9. The van der Waals surface area contributed by atoms with Crippen LogP contribution in [-0.4, -0.2) is 49.3 Å². The predicted molar refractivity (Wildman–Crippen MR) is 171 cm³/mol. The summed E-state index contributed by atoms with van der Waals surface area (Å²) in [7, 11) is 3.16. The average Bonchev–Trinajstić information content (AvgIpc) is 3.78. The van der Waals surface area contributed by atoms with Crippen LogP contribution in [0.5, 0.6) is 17.2 Å². The quantitative estimate of drug-likeness (QED) is 0.180. The van der Waals surface area contributed by atoms with Gasteiger partial charge in [-0.15, -0.1) is 0 Å². The number of aromatic nitrogens is 6. The van der Waals surface area contributed by atoms with Crippen LogP contribution in [0.4, 0.5) is 0 Å². The molecule has 12 heteroatoms. The number of rotatable bonds is 12. The molecule has 1 N–H and O–H groups in total. The first-order chi connectivity index (χ1) is 22.4. The maximum Gasteiger partial charge on any atom is 0.287 e. The topological polar surface area (TPSA) is 131 Å². The molecule has 0 bridgehead atoms. The molecule has 4 heterocycles. The summed E-state index contributed by atoms with van der Waals surface area (Å²) >= 11 is 0. The van der Waals surface area contributed by atoms with Crippen LogP contribution in [0.1, 0.15) is 46.5 Å². The van der Waals surface area contributed by atoms with Gasteiger partial charge >= 0.3 is 0 Å². The highest BCUT2D eigenvalue weighted by Gasteiger charge is 2.26. The number of fused-ring (bicyclic) bond motifs is 1. The molecule has 0 saturated heterocycles. The number of nitrogens with one attached hydrogen (secondary N) is 1. The van der Waals surface area contributed by atoms with Gasteiger partial charge in [-0.3, -0.25) is 18.9 Å². The van der Waals surface area contributed by atoms with Crippen molar-refractivity contribution in [3.05, 3.63) is 95.5 Å². The molecule has 0 aliphatic heterocycles. The van der Waals surface area contributed by atoms with Crippen LogP contribution >= 0.6 is 0 Å². The van der Waals surface area contributed by atoms with Gasteiger partial charge in [-0.05, 0) is 38.0 Å². The molecule has 0 unspecified atom stereocenters. The molecule has 1 amide bonds. The monoisotopic (exact) mass is 621 g/mol. The standard InChI is InChI=1S/C34H35N7O5/c1-6-14-41-30(31(22(3)39-41)45-19-23-10-8-7-9-11-23)34-37-26(20-46-34)29-27-17-35-21(2)18-40(27)32(38-29)33(42)36-16-24-12-13-25(43-4)15-28(24)44-5/h7-13,15,17-18,20H,6,14,16,19H2,1-5H3,(H,36,42). The number of carbonyl (C=O) groups is 1. The number of nitrogens with zero attached hydrogens (tertiary/aromatic N) is 6. The summed E-state index contributed by atoms with van der Waals surface area (Å²) in [6.07, 6.45) is 5.83. The minimum absolute atomic E-state index is 0.186. The van der Waals surface area contributed by atoms with Gasteiger partial charge < -0.3 is 23.9 Å². The van der Waals surface area contributed by atoms with Crippen molar-refractivity contribution in [2.45, 2.75) is 46.9 Å². The van der Waals surface area contributed by atoms with Gasteiger partial charge in [0, 0.05) is 30.9 Å². The average molecular weight is 622 g/mol. The number of carbonyl (C=O) groups excluding carboxylic acids is 1. The summed E-state index contributed by atoms with van der Waals surface area (Å²) in [6.45, 7) is 7.09. The molecule has 6 rings (SSSR count). The molecule has 46 heavy (non-hydrogen) atoms. The number of hydrogen-bond acceptors (Lipinski definition) is 9. The normalized spacial score (nSPS) is 11.2. The summed E-state index contributed by atoms with van der Waals surface area (Å²) in [5.74, 6) is 2.02. The van der Waals surface area contributed by atoms with Crippen molar-refractivity contribution < 1.29 is 23.4 Å². The predicted octanol–water partition coefficient (Wildman–Crippen LogP) is 5.80. The van der Waals surface area contributed by atoms with E-state index in [1.165, 1.54) is 6.26 Å². The van der Waals surface area contributed by atoms with Gasteiger partial charge in [-0.2, -0.15) is 5.10 Å². The molecule has 236 valence electrons. The Hall–Kier alpha value is -5.65. The van der Waals surface area contributed by atoms with Crippen LogP contribution in [0, 0.1) is 13.8 Å². The SMILES string of the molecule is CCCn1nc(C)c(OCc2ccccc2)c1-c1nc(-c2nc(C(=O)NCc3ccc(OC)cc3OC)n3cc(C)ncc23)co1. The Morgan fingerprint density at radius 3 is 2.63 bits per heavy atom. The van der Waals surface area contributed by atoms with Crippen molar-refractivity contribution in [2.24, 2.45) is 0 Å². The molecular formula is C34H35N7O5. The summed E-state index contributed by atoms with van der Waals surface area (Å²) in [5.41, 5.74) is 5.45. The Bertz CT molecular complexity index is 1990. The summed E-state index contributed by atoms with van der Waals surface area (Å²) in [6, 6.07) is 15.4. The maximum absolute atomic E-state index is 13.5. The van der Waals surface area contributed by atoms with E-state index in [-0.39, 0.29) is 18.3 Å². The van der Waals surface area contributed by atoms with Gasteiger partial charge in [-0.1, -0.05) is 37.3 Å². The van der Waals surface area contributed by atoms with E-state index < -0.39 is 0 Å². The van der Waals surface area contributed by atoms with E-state index in [1.807, 2.05) is 61.0 Å². The number of ether oxygens (including phenoxy) is 3.